The number of hydrogen-bond acceptors (Lipinski definition) is 5. The van der Waals surface area contributed by atoms with E-state index in [9.17, 15) is 8.42 Å². The minimum absolute atomic E-state index is 0.212. The van der Waals surface area contributed by atoms with Crippen molar-refractivity contribution in [3.8, 4) is 10.6 Å². The van der Waals surface area contributed by atoms with Gasteiger partial charge < -0.3 is 0 Å². The van der Waals surface area contributed by atoms with Crippen LogP contribution >= 0.6 is 11.3 Å². The van der Waals surface area contributed by atoms with Gasteiger partial charge in [-0.2, -0.15) is 0 Å². The highest BCUT2D eigenvalue weighted by Crippen LogP contribution is 2.25. The van der Waals surface area contributed by atoms with Crippen molar-refractivity contribution in [3.63, 3.8) is 0 Å². The smallest absolute Gasteiger partial charge is 0.261 e. The van der Waals surface area contributed by atoms with Crippen LogP contribution in [0.2, 0.25) is 0 Å². The normalized spacial score (nSPS) is 11.6. The van der Waals surface area contributed by atoms with Gasteiger partial charge >= 0.3 is 0 Å². The third-order valence-electron chi connectivity index (χ3n) is 4.06. The van der Waals surface area contributed by atoms with Gasteiger partial charge in [-0.1, -0.05) is 18.2 Å². The molecule has 1 N–H and O–H groups in total. The van der Waals surface area contributed by atoms with E-state index in [0.29, 0.717) is 5.69 Å². The van der Waals surface area contributed by atoms with Crippen molar-refractivity contribution in [2.75, 3.05) is 4.72 Å². The van der Waals surface area contributed by atoms with E-state index in [-0.39, 0.29) is 4.90 Å². The van der Waals surface area contributed by atoms with E-state index in [0.717, 1.165) is 27.0 Å². The Kier molecular flexibility index (Phi) is 4.18. The molecule has 0 spiro atoms. The fourth-order valence-corrected chi connectivity index (χ4v) is 4.44. The number of pyridine rings is 1. The van der Waals surface area contributed by atoms with Gasteiger partial charge in [-0.05, 0) is 42.6 Å². The van der Waals surface area contributed by atoms with Crippen molar-refractivity contribution in [3.05, 3.63) is 72.0 Å². The maximum absolute atomic E-state index is 12.7. The van der Waals surface area contributed by atoms with Crippen LogP contribution in [0.25, 0.3) is 21.3 Å². The average molecular weight is 381 g/mol. The van der Waals surface area contributed by atoms with Crippen LogP contribution < -0.4 is 4.72 Å². The van der Waals surface area contributed by atoms with Gasteiger partial charge in [0.1, 0.15) is 5.01 Å². The van der Waals surface area contributed by atoms with E-state index in [1.807, 2.05) is 30.5 Å². The highest BCUT2D eigenvalue weighted by molar-refractivity contribution is 7.92. The summed E-state index contributed by atoms with van der Waals surface area (Å²) in [6.45, 7) is 1.93. The van der Waals surface area contributed by atoms with Gasteiger partial charge in [0.15, 0.2) is 0 Å². The molecule has 5 nitrogen and oxygen atoms in total. The van der Waals surface area contributed by atoms with Crippen LogP contribution in [0.15, 0.2) is 71.2 Å². The summed E-state index contributed by atoms with van der Waals surface area (Å²) < 4.78 is 28.0. The van der Waals surface area contributed by atoms with Gasteiger partial charge in [0, 0.05) is 40.1 Å². The number of thiazole rings is 1. The Labute approximate surface area is 155 Å². The molecule has 4 aromatic rings. The quantitative estimate of drug-likeness (QED) is 0.566. The number of hydrogen-bond donors (Lipinski definition) is 1. The molecule has 0 fully saturated rings. The number of anilines is 1. The fourth-order valence-electron chi connectivity index (χ4n) is 2.75. The van der Waals surface area contributed by atoms with Crippen molar-refractivity contribution in [1.29, 1.82) is 0 Å². The number of aryl methyl sites for hydroxylation is 1. The Morgan fingerprint density at radius 2 is 1.77 bits per heavy atom. The number of nitrogens with zero attached hydrogens (tertiary/aromatic N) is 2. The topological polar surface area (TPSA) is 72.0 Å². The highest BCUT2D eigenvalue weighted by Gasteiger charge is 2.15. The van der Waals surface area contributed by atoms with Crippen molar-refractivity contribution in [2.45, 2.75) is 11.8 Å². The lowest BCUT2D eigenvalue weighted by Crippen LogP contribution is -2.12. The lowest BCUT2D eigenvalue weighted by atomic mass is 10.1. The first-order valence-corrected chi connectivity index (χ1v) is 10.3. The lowest BCUT2D eigenvalue weighted by Gasteiger charge is -2.10. The second-order valence-corrected chi connectivity index (χ2v) is 8.38. The summed E-state index contributed by atoms with van der Waals surface area (Å²) in [6, 6.07) is 14.0. The van der Waals surface area contributed by atoms with Gasteiger partial charge in [-0.3, -0.25) is 9.71 Å². The van der Waals surface area contributed by atoms with Crippen molar-refractivity contribution in [2.24, 2.45) is 0 Å². The van der Waals surface area contributed by atoms with Gasteiger partial charge in [0.25, 0.3) is 10.0 Å². The molecule has 0 unspecified atom stereocenters. The van der Waals surface area contributed by atoms with Crippen LogP contribution in [0.4, 0.5) is 5.69 Å². The van der Waals surface area contributed by atoms with Crippen molar-refractivity contribution < 1.29 is 8.42 Å². The van der Waals surface area contributed by atoms with Gasteiger partial charge in [0.2, 0.25) is 0 Å². The summed E-state index contributed by atoms with van der Waals surface area (Å²) in [6.07, 6.45) is 3.44. The molecule has 2 heterocycles. The molecule has 2 aromatic heterocycles. The molecule has 2 aromatic carbocycles. The van der Waals surface area contributed by atoms with E-state index < -0.39 is 10.0 Å². The molecule has 0 aliphatic heterocycles. The second-order valence-electron chi connectivity index (χ2n) is 5.80. The molecule has 0 aliphatic carbocycles. The molecule has 0 bridgehead atoms. The molecule has 0 saturated carbocycles. The highest BCUT2D eigenvalue weighted by atomic mass is 32.2. The third-order valence-corrected chi connectivity index (χ3v) is 6.28. The van der Waals surface area contributed by atoms with Crippen molar-refractivity contribution in [1.82, 2.24) is 9.97 Å². The van der Waals surface area contributed by atoms with Gasteiger partial charge in [-0.25, -0.2) is 13.4 Å². The first-order valence-electron chi connectivity index (χ1n) is 7.91. The van der Waals surface area contributed by atoms with Crippen LogP contribution in [0.3, 0.4) is 0 Å². The first-order chi connectivity index (χ1) is 12.5. The molecule has 130 valence electrons. The number of nitrogens with one attached hydrogen (secondary N) is 1. The Hall–Kier alpha value is -2.77. The van der Waals surface area contributed by atoms with E-state index in [4.69, 9.17) is 0 Å². The molecular formula is C19H15N3O2S2. The molecule has 0 atom stereocenters. The van der Waals surface area contributed by atoms with Crippen LogP contribution in [0.5, 0.6) is 0 Å². The molecule has 0 saturated heterocycles. The number of sulfonamides is 1. The molecule has 0 amide bonds. The third kappa shape index (κ3) is 3.18. The zero-order valence-electron chi connectivity index (χ0n) is 13.9. The number of benzene rings is 2. The van der Waals surface area contributed by atoms with Crippen LogP contribution in [0, 0.1) is 6.92 Å². The van der Waals surface area contributed by atoms with E-state index in [1.54, 1.807) is 42.7 Å². The summed E-state index contributed by atoms with van der Waals surface area (Å²) in [4.78, 5) is 8.69. The fraction of sp³-hybridized carbons (Fsp3) is 0.0526. The summed E-state index contributed by atoms with van der Waals surface area (Å²) in [5, 5.41) is 4.69. The van der Waals surface area contributed by atoms with E-state index in [2.05, 4.69) is 14.7 Å². The summed E-state index contributed by atoms with van der Waals surface area (Å²) in [7, 11) is -3.66. The maximum atomic E-state index is 12.7. The van der Waals surface area contributed by atoms with Gasteiger partial charge in [-0.15, -0.1) is 11.3 Å². The molecule has 0 aliphatic rings. The number of fused-ring (bicyclic) bond motifs is 1. The second kappa shape index (κ2) is 6.51. The predicted octanol–water partition coefficient (Wildman–Crippen LogP) is 4.47. The Bertz CT molecular complexity index is 1170. The van der Waals surface area contributed by atoms with Crippen LogP contribution in [0.1, 0.15) is 5.69 Å². The molecule has 4 rings (SSSR count). The monoisotopic (exact) mass is 381 g/mol. The van der Waals surface area contributed by atoms with E-state index >= 15 is 0 Å². The number of aromatic nitrogens is 2. The van der Waals surface area contributed by atoms with Gasteiger partial charge in [0.05, 0.1) is 4.90 Å². The SMILES string of the molecule is Cc1nccc2cc(NS(=O)(=O)c3ccc(-c4nccs4)cc3)ccc12. The summed E-state index contributed by atoms with van der Waals surface area (Å²) in [5.74, 6) is 0. The summed E-state index contributed by atoms with van der Waals surface area (Å²) >= 11 is 1.51. The van der Waals surface area contributed by atoms with Crippen LogP contribution in [-0.2, 0) is 10.0 Å². The Morgan fingerprint density at radius 3 is 2.50 bits per heavy atom. The van der Waals surface area contributed by atoms with E-state index in [1.165, 1.54) is 11.3 Å². The Morgan fingerprint density at radius 1 is 0.962 bits per heavy atom. The standard InChI is InChI=1S/C19H15N3O2S2/c1-13-18-7-4-16(12-15(18)8-9-20-13)22-26(23,24)17-5-2-14(3-6-17)19-21-10-11-25-19/h2-12,22H,1H3. The molecule has 26 heavy (non-hydrogen) atoms. The molecule has 7 heteroatoms. The summed E-state index contributed by atoms with van der Waals surface area (Å²) in [5.41, 5.74) is 2.33. The van der Waals surface area contributed by atoms with Crippen molar-refractivity contribution >= 4 is 37.8 Å². The largest absolute Gasteiger partial charge is 0.280 e. The average Bonchev–Trinajstić information content (AvgIpc) is 3.16. The lowest BCUT2D eigenvalue weighted by molar-refractivity contribution is 0.601. The van der Waals surface area contributed by atoms with Crippen LogP contribution in [-0.4, -0.2) is 18.4 Å². The first kappa shape index (κ1) is 16.7. The molecular weight excluding hydrogens is 366 g/mol. The maximum Gasteiger partial charge on any atom is 0.261 e. The minimum Gasteiger partial charge on any atom is -0.280 e. The number of rotatable bonds is 4. The zero-order chi connectivity index (χ0) is 18.1. The zero-order valence-corrected chi connectivity index (χ0v) is 15.5. The predicted molar refractivity (Wildman–Crippen MR) is 105 cm³/mol. The Balaban J connectivity index is 1.63. The minimum atomic E-state index is -3.66. The molecule has 0 radical (unpaired) electrons.